The third kappa shape index (κ3) is 9.19. The van der Waals surface area contributed by atoms with Gasteiger partial charge >= 0.3 is 6.01 Å². The fourth-order valence-corrected chi connectivity index (χ4v) is 14.3. The molecule has 12 rings (SSSR count). The normalized spacial score (nSPS) is 25.0. The minimum Gasteiger partial charge on any atom is -0.468 e. The number of ether oxygens (including phenoxy) is 3. The van der Waals surface area contributed by atoms with Crippen molar-refractivity contribution in [3.8, 4) is 23.0 Å². The highest BCUT2D eigenvalue weighted by atomic mass is 19.1. The molecule has 0 bridgehead atoms. The van der Waals surface area contributed by atoms with Crippen LogP contribution in [0.5, 0.6) is 11.8 Å². The SMILES string of the molecule is CCc1c(F)ccc2cc(OCOC)cc(-c3ncc4c(N5CCC[C@@](C)(O)C5)nc(OCC5(CN6CCC7(CC6)CC(C)(C6CNCCN6c6cccc8c6CN(C6CCC(=O)NC6=O)C8=O)C7)CC5)nc4c3F)c12. The molecule has 4 saturated heterocycles. The molecule has 18 heteroatoms. The second kappa shape index (κ2) is 19.4. The van der Waals surface area contributed by atoms with Gasteiger partial charge in [-0.3, -0.25) is 24.7 Å². The lowest BCUT2D eigenvalue weighted by Gasteiger charge is -2.63. The van der Waals surface area contributed by atoms with Gasteiger partial charge in [0, 0.05) is 99.4 Å². The van der Waals surface area contributed by atoms with Crippen LogP contribution in [-0.4, -0.2) is 138 Å². The number of piperazine rings is 1. The number of hydrogen-bond acceptors (Lipinski definition) is 14. The average Bonchev–Trinajstić information content (AvgIpc) is 4.18. The van der Waals surface area contributed by atoms with E-state index >= 15 is 8.78 Å². The summed E-state index contributed by atoms with van der Waals surface area (Å²) in [5.74, 6) is -1.03. The van der Waals surface area contributed by atoms with Gasteiger partial charge in [-0.15, -0.1) is 0 Å². The third-order valence-electron chi connectivity index (χ3n) is 18.1. The van der Waals surface area contributed by atoms with E-state index in [0.29, 0.717) is 89.9 Å². The smallest absolute Gasteiger partial charge is 0.319 e. The number of β-amino-alcohol motifs (C(OH)–C–C–N with tert-alkyl or cyclic N) is 1. The van der Waals surface area contributed by atoms with Crippen molar-refractivity contribution < 1.29 is 42.5 Å². The monoisotopic (exact) mass is 1040 g/mol. The van der Waals surface area contributed by atoms with E-state index in [4.69, 9.17) is 29.2 Å². The number of pyridine rings is 1. The largest absolute Gasteiger partial charge is 0.468 e. The molecule has 1 spiro atoms. The molecule has 5 aliphatic heterocycles. The summed E-state index contributed by atoms with van der Waals surface area (Å²) in [7, 11) is 1.52. The highest BCUT2D eigenvalue weighted by Crippen LogP contribution is 2.62. The van der Waals surface area contributed by atoms with Crippen molar-refractivity contribution in [3.05, 3.63) is 77.0 Å². The molecule has 3 aromatic carbocycles. The number of aliphatic hydroxyl groups is 1. The van der Waals surface area contributed by atoms with Crippen LogP contribution in [0.15, 0.2) is 48.7 Å². The Labute approximate surface area is 441 Å². The van der Waals surface area contributed by atoms with Gasteiger partial charge in [0.2, 0.25) is 11.8 Å². The second-order valence-electron chi connectivity index (χ2n) is 23.7. The van der Waals surface area contributed by atoms with Crippen LogP contribution in [0.1, 0.15) is 106 Å². The maximum atomic E-state index is 17.5. The predicted molar refractivity (Wildman–Crippen MR) is 283 cm³/mol. The van der Waals surface area contributed by atoms with Gasteiger partial charge in [0.05, 0.1) is 17.6 Å². The molecule has 3 amide bonds. The Hall–Kier alpha value is -6.08. The van der Waals surface area contributed by atoms with Gasteiger partial charge in [0.1, 0.15) is 34.6 Å². The van der Waals surface area contributed by atoms with Crippen molar-refractivity contribution >= 4 is 50.9 Å². The Morgan fingerprint density at radius 1 is 0.921 bits per heavy atom. The summed E-state index contributed by atoms with van der Waals surface area (Å²) in [6.07, 6.45) is 10.4. The number of hydrogen-bond donors (Lipinski definition) is 3. The van der Waals surface area contributed by atoms with Gasteiger partial charge in [-0.05, 0) is 142 Å². The first kappa shape index (κ1) is 50.7. The molecule has 2 aromatic heterocycles. The lowest BCUT2D eigenvalue weighted by Crippen LogP contribution is -2.65. The van der Waals surface area contributed by atoms with E-state index in [0.717, 1.165) is 95.5 Å². The van der Waals surface area contributed by atoms with Gasteiger partial charge < -0.3 is 44.2 Å². The molecule has 7 aliphatic rings. The molecule has 7 heterocycles. The van der Waals surface area contributed by atoms with E-state index in [2.05, 4.69) is 33.4 Å². The van der Waals surface area contributed by atoms with Crippen molar-refractivity contribution in [1.29, 1.82) is 0 Å². The maximum Gasteiger partial charge on any atom is 0.319 e. The molecule has 16 nitrogen and oxygen atoms in total. The highest BCUT2D eigenvalue weighted by molar-refractivity contribution is 6.06. The number of nitrogens with one attached hydrogen (secondary N) is 2. The van der Waals surface area contributed by atoms with Crippen LogP contribution in [0.3, 0.4) is 0 Å². The van der Waals surface area contributed by atoms with E-state index in [-0.39, 0.29) is 70.4 Å². The van der Waals surface area contributed by atoms with Crippen LogP contribution in [0.4, 0.5) is 20.3 Å². The number of rotatable bonds is 14. The number of carbonyl (C=O) groups is 3. The van der Waals surface area contributed by atoms with E-state index in [1.165, 1.54) is 13.2 Å². The first-order valence-electron chi connectivity index (χ1n) is 27.4. The standard InChI is InChI=1S/C58H69F2N9O7/c1-5-37-42(59)11-10-35-24-36(76-34-74-4)25-39(47(35)37)49-48(60)50-40(26-62-49)51(67-20-7-14-56(3,73)31-67)65-54(64-50)75-33-58(15-16-58)32-66-21-17-57(18-22-66)29-55(2,30-57)45-27-61-19-23-68(45)43-9-6-8-38-41(43)28-69(53(38)72)44-12-13-46(70)63-52(44)71/h6,8-11,24-26,44-45,61,73H,5,7,12-23,27-34H2,1-4H3,(H,63,70,71)/t44?,45?,56-/m1/s1. The fourth-order valence-electron chi connectivity index (χ4n) is 14.3. The number of anilines is 2. The third-order valence-corrected chi connectivity index (χ3v) is 18.1. The predicted octanol–water partition coefficient (Wildman–Crippen LogP) is 7.30. The number of nitrogens with zero attached hydrogens (tertiary/aromatic N) is 7. The minimum atomic E-state index is -0.975. The molecule has 2 aliphatic carbocycles. The van der Waals surface area contributed by atoms with Crippen molar-refractivity contribution in [3.63, 3.8) is 0 Å². The lowest BCUT2D eigenvalue weighted by atomic mass is 9.47. The Kier molecular flexibility index (Phi) is 13.0. The Bertz CT molecular complexity index is 3130. The van der Waals surface area contributed by atoms with E-state index < -0.39 is 23.4 Å². The summed E-state index contributed by atoms with van der Waals surface area (Å²) in [5.41, 5.74) is 2.82. The van der Waals surface area contributed by atoms with Gasteiger partial charge in [-0.2, -0.15) is 9.97 Å². The number of methoxy groups -OCH3 is 1. The number of fused-ring (bicyclic) bond motifs is 3. The topological polar surface area (TPSA) is 175 Å². The molecule has 76 heavy (non-hydrogen) atoms. The average molecular weight is 1040 g/mol. The molecule has 0 radical (unpaired) electrons. The zero-order valence-corrected chi connectivity index (χ0v) is 44.1. The summed E-state index contributed by atoms with van der Waals surface area (Å²) in [6, 6.07) is 12.2. The van der Waals surface area contributed by atoms with Crippen LogP contribution in [0, 0.1) is 27.9 Å². The van der Waals surface area contributed by atoms with Crippen molar-refractivity contribution in [2.75, 3.05) is 82.7 Å². The van der Waals surface area contributed by atoms with Crippen molar-refractivity contribution in [1.82, 2.24) is 35.4 Å². The molecular formula is C58H69F2N9O7. The molecule has 6 fully saturated rings. The van der Waals surface area contributed by atoms with E-state index in [1.807, 2.05) is 24.0 Å². The zero-order chi connectivity index (χ0) is 52.7. The molecule has 3 N–H and O–H groups in total. The van der Waals surface area contributed by atoms with Gasteiger partial charge in [0.15, 0.2) is 12.6 Å². The first-order chi connectivity index (χ1) is 36.6. The first-order valence-corrected chi connectivity index (χ1v) is 27.4. The van der Waals surface area contributed by atoms with Gasteiger partial charge in [-0.1, -0.05) is 26.0 Å². The van der Waals surface area contributed by atoms with Crippen LogP contribution in [0.25, 0.3) is 32.9 Å². The van der Waals surface area contributed by atoms with Crippen LogP contribution in [-0.2, 0) is 27.3 Å². The second-order valence-corrected chi connectivity index (χ2v) is 23.7. The summed E-state index contributed by atoms with van der Waals surface area (Å²) in [5, 5.41) is 18.9. The number of imide groups is 1. The number of aromatic nitrogens is 3. The number of piperidine rings is 3. The number of benzene rings is 3. The fraction of sp³-hybridized carbons (Fsp3) is 0.552. The number of likely N-dealkylation sites (tertiary alicyclic amines) is 1. The van der Waals surface area contributed by atoms with E-state index in [1.54, 1.807) is 36.2 Å². The molecular weight excluding hydrogens is 973 g/mol. The minimum absolute atomic E-state index is 0.0000831. The molecule has 2 saturated carbocycles. The number of carbonyl (C=O) groups excluding carboxylic acids is 3. The molecule has 3 atom stereocenters. The molecule has 5 aromatic rings. The lowest BCUT2D eigenvalue weighted by molar-refractivity contribution is -0.136. The van der Waals surface area contributed by atoms with Crippen molar-refractivity contribution in [2.45, 2.75) is 116 Å². The summed E-state index contributed by atoms with van der Waals surface area (Å²) < 4.78 is 50.5. The maximum absolute atomic E-state index is 17.5. The molecule has 402 valence electrons. The zero-order valence-electron chi connectivity index (χ0n) is 44.1. The van der Waals surface area contributed by atoms with Gasteiger partial charge in [-0.25, -0.2) is 8.78 Å². The Morgan fingerprint density at radius 3 is 2.49 bits per heavy atom. The Balaban J connectivity index is 0.745. The highest BCUT2D eigenvalue weighted by Gasteiger charge is 2.58. The van der Waals surface area contributed by atoms with E-state index in [9.17, 15) is 19.5 Å². The number of amides is 3. The number of halogens is 2. The van der Waals surface area contributed by atoms with Crippen LogP contribution in [0.2, 0.25) is 0 Å². The summed E-state index contributed by atoms with van der Waals surface area (Å²) in [4.78, 5) is 61.7. The van der Waals surface area contributed by atoms with Gasteiger partial charge in [0.25, 0.3) is 5.91 Å². The van der Waals surface area contributed by atoms with Crippen molar-refractivity contribution in [2.24, 2.45) is 16.2 Å². The Morgan fingerprint density at radius 2 is 1.74 bits per heavy atom. The number of aryl methyl sites for hydroxylation is 1. The quantitative estimate of drug-likeness (QED) is 0.0747. The summed E-state index contributed by atoms with van der Waals surface area (Å²) in [6.45, 7) is 13.1. The summed E-state index contributed by atoms with van der Waals surface area (Å²) >= 11 is 0. The van der Waals surface area contributed by atoms with Crippen LogP contribution >= 0.6 is 0 Å². The van der Waals surface area contributed by atoms with Crippen LogP contribution < -0.4 is 29.9 Å². The molecule has 2 unspecified atom stereocenters.